The van der Waals surface area contributed by atoms with Crippen molar-refractivity contribution in [3.05, 3.63) is 23.7 Å². The van der Waals surface area contributed by atoms with E-state index in [2.05, 4.69) is 0 Å². The molecular weight excluding hydrogens is 308 g/mol. The average Bonchev–Trinajstić information content (AvgIpc) is 2.97. The topological polar surface area (TPSA) is 74.0 Å². The summed E-state index contributed by atoms with van der Waals surface area (Å²) in [5.41, 5.74) is 0.728. The molecule has 3 heterocycles. The maximum Gasteiger partial charge on any atom is 0.257 e. The number of amides is 2. The van der Waals surface area contributed by atoms with E-state index in [0.717, 1.165) is 19.3 Å². The number of nitrogens with zero attached hydrogens (tertiary/aromatic N) is 2. The van der Waals surface area contributed by atoms with Crippen LogP contribution in [0.25, 0.3) is 0 Å². The molecule has 6 heteroatoms. The number of carbonyl (C=O) groups excluding carboxylic acids is 2. The van der Waals surface area contributed by atoms with Crippen LogP contribution in [0.1, 0.15) is 48.7 Å². The molecule has 24 heavy (non-hydrogen) atoms. The minimum atomic E-state index is -0.505. The number of piperidine rings is 2. The fourth-order valence-corrected chi connectivity index (χ4v) is 3.96. The molecule has 1 spiro atoms. The number of furan rings is 1. The second kappa shape index (κ2) is 6.59. The van der Waals surface area contributed by atoms with Crippen LogP contribution in [-0.2, 0) is 4.79 Å². The standard InChI is InChI=1S/C18H26N2O4/c1-13(21)11-20-12-18(5-3-16(20)22)6-8-19(9-7-18)17(23)15-4-10-24-14(15)2/h4,10,13,21H,3,5-9,11-12H2,1-2H3/t13-/m0/s1. The zero-order valence-electron chi connectivity index (χ0n) is 14.5. The molecule has 2 aliphatic rings. The second-order valence-corrected chi connectivity index (χ2v) is 7.31. The minimum absolute atomic E-state index is 0.0313. The Hall–Kier alpha value is -1.82. The van der Waals surface area contributed by atoms with Crippen LogP contribution in [0, 0.1) is 12.3 Å². The van der Waals surface area contributed by atoms with Crippen molar-refractivity contribution in [3.63, 3.8) is 0 Å². The van der Waals surface area contributed by atoms with E-state index in [9.17, 15) is 14.7 Å². The second-order valence-electron chi connectivity index (χ2n) is 7.31. The molecule has 1 N–H and O–H groups in total. The maximum absolute atomic E-state index is 12.6. The van der Waals surface area contributed by atoms with Crippen molar-refractivity contribution in [2.75, 3.05) is 26.2 Å². The van der Waals surface area contributed by atoms with E-state index in [1.807, 2.05) is 4.90 Å². The summed E-state index contributed by atoms with van der Waals surface area (Å²) < 4.78 is 5.23. The van der Waals surface area contributed by atoms with E-state index >= 15 is 0 Å². The Morgan fingerprint density at radius 1 is 1.38 bits per heavy atom. The van der Waals surface area contributed by atoms with Gasteiger partial charge in [-0.2, -0.15) is 0 Å². The number of aryl methyl sites for hydroxylation is 1. The summed E-state index contributed by atoms with van der Waals surface area (Å²) in [6.45, 7) is 6.03. The lowest BCUT2D eigenvalue weighted by atomic mass is 9.72. The molecule has 132 valence electrons. The SMILES string of the molecule is Cc1occc1C(=O)N1CCC2(CCC(=O)N(C[C@H](C)O)C2)CC1. The van der Waals surface area contributed by atoms with Crippen molar-refractivity contribution >= 4 is 11.8 Å². The zero-order valence-corrected chi connectivity index (χ0v) is 14.5. The van der Waals surface area contributed by atoms with Crippen LogP contribution in [0.3, 0.4) is 0 Å². The van der Waals surface area contributed by atoms with Crippen molar-refractivity contribution in [2.45, 2.75) is 45.6 Å². The van der Waals surface area contributed by atoms with Gasteiger partial charge in [-0.25, -0.2) is 0 Å². The number of hydrogen-bond donors (Lipinski definition) is 1. The molecular formula is C18H26N2O4. The largest absolute Gasteiger partial charge is 0.469 e. The molecule has 2 fully saturated rings. The third-order valence-corrected chi connectivity index (χ3v) is 5.43. The molecule has 0 radical (unpaired) electrons. The first-order valence-corrected chi connectivity index (χ1v) is 8.69. The van der Waals surface area contributed by atoms with E-state index in [4.69, 9.17) is 4.42 Å². The van der Waals surface area contributed by atoms with Gasteiger partial charge < -0.3 is 19.3 Å². The first-order valence-electron chi connectivity index (χ1n) is 8.69. The molecule has 0 saturated carbocycles. The number of likely N-dealkylation sites (tertiary alicyclic amines) is 2. The maximum atomic E-state index is 12.6. The van der Waals surface area contributed by atoms with Crippen LogP contribution in [-0.4, -0.2) is 59.0 Å². The van der Waals surface area contributed by atoms with Gasteiger partial charge in [0.05, 0.1) is 17.9 Å². The first-order chi connectivity index (χ1) is 11.4. The summed E-state index contributed by atoms with van der Waals surface area (Å²) in [4.78, 5) is 28.3. The number of carbonyl (C=O) groups is 2. The van der Waals surface area contributed by atoms with E-state index in [1.165, 1.54) is 0 Å². The Bertz CT molecular complexity index is 614. The van der Waals surface area contributed by atoms with Gasteiger partial charge in [-0.05, 0) is 44.6 Å². The van der Waals surface area contributed by atoms with E-state index in [-0.39, 0.29) is 17.2 Å². The van der Waals surface area contributed by atoms with Crippen LogP contribution >= 0.6 is 0 Å². The van der Waals surface area contributed by atoms with Gasteiger partial charge in [0, 0.05) is 32.6 Å². The molecule has 0 aliphatic carbocycles. The number of aliphatic hydroxyl groups excluding tert-OH is 1. The van der Waals surface area contributed by atoms with Crippen LogP contribution in [0.15, 0.2) is 16.7 Å². The van der Waals surface area contributed by atoms with Crippen LogP contribution in [0.5, 0.6) is 0 Å². The van der Waals surface area contributed by atoms with Gasteiger partial charge in [0.1, 0.15) is 5.76 Å². The van der Waals surface area contributed by atoms with Gasteiger partial charge in [-0.3, -0.25) is 9.59 Å². The molecule has 2 aliphatic heterocycles. The summed E-state index contributed by atoms with van der Waals surface area (Å²) in [6.07, 6.45) is 4.28. The molecule has 2 saturated heterocycles. The molecule has 1 aromatic rings. The van der Waals surface area contributed by atoms with Crippen LogP contribution < -0.4 is 0 Å². The number of β-amino-alcohol motifs (C(OH)–C–C–N with tert-alkyl or cyclic N) is 1. The highest BCUT2D eigenvalue weighted by Gasteiger charge is 2.42. The van der Waals surface area contributed by atoms with Crippen LogP contribution in [0.2, 0.25) is 0 Å². The Labute approximate surface area is 142 Å². The lowest BCUT2D eigenvalue weighted by Gasteiger charge is -2.47. The molecule has 1 atom stereocenters. The molecule has 1 aromatic heterocycles. The summed E-state index contributed by atoms with van der Waals surface area (Å²) in [5.74, 6) is 0.824. The summed E-state index contributed by atoms with van der Waals surface area (Å²) in [6, 6.07) is 1.73. The molecule has 0 aromatic carbocycles. The molecule has 3 rings (SSSR count). The lowest BCUT2D eigenvalue weighted by Crippen LogP contribution is -2.53. The van der Waals surface area contributed by atoms with Crippen LogP contribution in [0.4, 0.5) is 0 Å². The number of aliphatic hydroxyl groups is 1. The van der Waals surface area contributed by atoms with Gasteiger partial charge in [0.25, 0.3) is 5.91 Å². The molecule has 2 amide bonds. The van der Waals surface area contributed by atoms with Crippen molar-refractivity contribution in [1.29, 1.82) is 0 Å². The Morgan fingerprint density at radius 2 is 2.08 bits per heavy atom. The van der Waals surface area contributed by atoms with Crippen molar-refractivity contribution in [3.8, 4) is 0 Å². The Balaban J connectivity index is 1.63. The summed E-state index contributed by atoms with van der Waals surface area (Å²) >= 11 is 0. The van der Waals surface area contributed by atoms with Crippen molar-refractivity contribution < 1.29 is 19.1 Å². The highest BCUT2D eigenvalue weighted by Crippen LogP contribution is 2.40. The monoisotopic (exact) mass is 334 g/mol. The van der Waals surface area contributed by atoms with E-state index < -0.39 is 6.10 Å². The summed E-state index contributed by atoms with van der Waals surface area (Å²) in [5, 5.41) is 9.60. The predicted octanol–water partition coefficient (Wildman–Crippen LogP) is 1.81. The zero-order chi connectivity index (χ0) is 17.3. The highest BCUT2D eigenvalue weighted by molar-refractivity contribution is 5.95. The van der Waals surface area contributed by atoms with Crippen molar-refractivity contribution in [2.24, 2.45) is 5.41 Å². The van der Waals surface area contributed by atoms with Crippen molar-refractivity contribution in [1.82, 2.24) is 9.80 Å². The first kappa shape index (κ1) is 17.0. The fourth-order valence-electron chi connectivity index (χ4n) is 3.96. The van der Waals surface area contributed by atoms with Gasteiger partial charge >= 0.3 is 0 Å². The van der Waals surface area contributed by atoms with Gasteiger partial charge in [0.2, 0.25) is 5.91 Å². The Kier molecular flexibility index (Phi) is 4.67. The lowest BCUT2D eigenvalue weighted by molar-refractivity contribution is -0.140. The number of hydrogen-bond acceptors (Lipinski definition) is 4. The normalized spacial score (nSPS) is 22.0. The minimum Gasteiger partial charge on any atom is -0.469 e. The third-order valence-electron chi connectivity index (χ3n) is 5.43. The average molecular weight is 334 g/mol. The Morgan fingerprint density at radius 3 is 2.67 bits per heavy atom. The fraction of sp³-hybridized carbons (Fsp3) is 0.667. The van der Waals surface area contributed by atoms with Gasteiger partial charge in [-0.1, -0.05) is 0 Å². The highest BCUT2D eigenvalue weighted by atomic mass is 16.3. The number of rotatable bonds is 3. The third kappa shape index (κ3) is 3.34. The summed E-state index contributed by atoms with van der Waals surface area (Å²) in [7, 11) is 0. The van der Waals surface area contributed by atoms with E-state index in [0.29, 0.717) is 43.9 Å². The quantitative estimate of drug-likeness (QED) is 0.915. The van der Waals surface area contributed by atoms with E-state index in [1.54, 1.807) is 31.1 Å². The molecule has 0 unspecified atom stereocenters. The van der Waals surface area contributed by atoms with Gasteiger partial charge in [-0.15, -0.1) is 0 Å². The molecule has 6 nitrogen and oxygen atoms in total. The molecule has 0 bridgehead atoms. The smallest absolute Gasteiger partial charge is 0.257 e. The van der Waals surface area contributed by atoms with Gasteiger partial charge in [0.15, 0.2) is 0 Å². The predicted molar refractivity (Wildman–Crippen MR) is 88.5 cm³/mol.